The first-order chi connectivity index (χ1) is 12.9. The molecular weight excluding hydrogens is 338 g/mol. The Hall–Kier alpha value is -1.57. The first-order valence-corrected chi connectivity index (χ1v) is 10.9. The van der Waals surface area contributed by atoms with Crippen LogP contribution in [0.4, 0.5) is 0 Å². The lowest BCUT2D eigenvalue weighted by atomic mass is 9.49. The summed E-state index contributed by atoms with van der Waals surface area (Å²) in [6, 6.07) is 1.87. The van der Waals surface area contributed by atoms with E-state index in [1.54, 1.807) is 0 Å². The minimum Gasteiger partial charge on any atom is -0.344 e. The van der Waals surface area contributed by atoms with Gasteiger partial charge in [0.15, 0.2) is 0 Å². The second-order valence-corrected chi connectivity index (χ2v) is 10.1. The first-order valence-electron chi connectivity index (χ1n) is 10.9. The lowest BCUT2D eigenvalue weighted by Gasteiger charge is -2.56. The molecule has 5 nitrogen and oxygen atoms in total. The van der Waals surface area contributed by atoms with E-state index in [-0.39, 0.29) is 29.1 Å². The van der Waals surface area contributed by atoms with Crippen molar-refractivity contribution in [3.05, 3.63) is 0 Å². The average Bonchev–Trinajstić information content (AvgIpc) is 2.64. The third-order valence-electron chi connectivity index (χ3n) is 7.73. The predicted molar refractivity (Wildman–Crippen MR) is 102 cm³/mol. The number of piperidine rings is 1. The molecular formula is C22H33N3O2. The molecule has 0 aromatic heterocycles. The number of carbonyl (C=O) groups excluding carboxylic acids is 2. The second kappa shape index (κ2) is 7.11. The molecule has 5 aliphatic rings. The van der Waals surface area contributed by atoms with Gasteiger partial charge in [0.1, 0.15) is 6.04 Å². The molecule has 4 saturated carbocycles. The SMILES string of the molecule is CC(C)C(NC(=O)C12CC3CC(CC(C3)C1)C2)C(=O)N1CCC(C#N)CC1. The largest absolute Gasteiger partial charge is 0.344 e. The lowest BCUT2D eigenvalue weighted by molar-refractivity contribution is -0.151. The van der Waals surface area contributed by atoms with Crippen molar-refractivity contribution < 1.29 is 9.59 Å². The number of carbonyl (C=O) groups is 2. The maximum absolute atomic E-state index is 13.4. The molecule has 5 fully saturated rings. The van der Waals surface area contributed by atoms with Crippen molar-refractivity contribution in [1.82, 2.24) is 10.2 Å². The Morgan fingerprint density at radius 2 is 1.56 bits per heavy atom. The van der Waals surface area contributed by atoms with E-state index in [0.717, 1.165) is 49.9 Å². The van der Waals surface area contributed by atoms with E-state index < -0.39 is 6.04 Å². The summed E-state index contributed by atoms with van der Waals surface area (Å²) in [4.78, 5) is 28.4. The molecule has 1 atom stereocenters. The van der Waals surface area contributed by atoms with Gasteiger partial charge in [-0.25, -0.2) is 0 Å². The molecule has 1 unspecified atom stereocenters. The first kappa shape index (κ1) is 18.8. The van der Waals surface area contributed by atoms with Crippen LogP contribution >= 0.6 is 0 Å². The van der Waals surface area contributed by atoms with Crippen LogP contribution in [0.2, 0.25) is 0 Å². The van der Waals surface area contributed by atoms with Gasteiger partial charge < -0.3 is 10.2 Å². The number of hydrogen-bond acceptors (Lipinski definition) is 3. The van der Waals surface area contributed by atoms with E-state index >= 15 is 0 Å². The fourth-order valence-corrected chi connectivity index (χ4v) is 6.62. The van der Waals surface area contributed by atoms with E-state index in [4.69, 9.17) is 5.26 Å². The summed E-state index contributed by atoms with van der Waals surface area (Å²) < 4.78 is 0. The second-order valence-electron chi connectivity index (χ2n) is 10.1. The van der Waals surface area contributed by atoms with Gasteiger partial charge in [0.2, 0.25) is 11.8 Å². The van der Waals surface area contributed by atoms with Gasteiger partial charge in [-0.15, -0.1) is 0 Å². The van der Waals surface area contributed by atoms with Crippen LogP contribution in [0.25, 0.3) is 0 Å². The zero-order chi connectivity index (χ0) is 19.2. The molecule has 148 valence electrons. The topological polar surface area (TPSA) is 73.2 Å². The quantitative estimate of drug-likeness (QED) is 0.825. The Kier molecular flexibility index (Phi) is 4.94. The molecule has 2 amide bonds. The number of nitrogens with one attached hydrogen (secondary N) is 1. The molecule has 5 rings (SSSR count). The van der Waals surface area contributed by atoms with E-state index in [2.05, 4.69) is 11.4 Å². The van der Waals surface area contributed by atoms with Crippen LogP contribution in [0, 0.1) is 46.3 Å². The van der Waals surface area contributed by atoms with Crippen LogP contribution < -0.4 is 5.32 Å². The number of nitrogens with zero attached hydrogens (tertiary/aromatic N) is 2. The van der Waals surface area contributed by atoms with Crippen molar-refractivity contribution in [2.24, 2.45) is 35.0 Å². The summed E-state index contributed by atoms with van der Waals surface area (Å²) in [6.45, 7) is 5.30. The van der Waals surface area contributed by atoms with Crippen LogP contribution in [0.5, 0.6) is 0 Å². The Bertz CT molecular complexity index is 607. The van der Waals surface area contributed by atoms with Crippen LogP contribution in [0.3, 0.4) is 0 Å². The van der Waals surface area contributed by atoms with Crippen molar-refractivity contribution in [2.45, 2.75) is 71.3 Å². The van der Waals surface area contributed by atoms with Gasteiger partial charge >= 0.3 is 0 Å². The van der Waals surface area contributed by atoms with E-state index in [0.29, 0.717) is 13.1 Å². The van der Waals surface area contributed by atoms with Crippen molar-refractivity contribution in [2.75, 3.05) is 13.1 Å². The molecule has 27 heavy (non-hydrogen) atoms. The third-order valence-corrected chi connectivity index (χ3v) is 7.73. The average molecular weight is 372 g/mol. The van der Waals surface area contributed by atoms with Crippen LogP contribution in [0.1, 0.15) is 65.2 Å². The monoisotopic (exact) mass is 371 g/mol. The highest BCUT2D eigenvalue weighted by molar-refractivity contribution is 5.90. The highest BCUT2D eigenvalue weighted by Crippen LogP contribution is 2.60. The summed E-state index contributed by atoms with van der Waals surface area (Å²) in [5, 5.41) is 12.3. The van der Waals surface area contributed by atoms with Crippen molar-refractivity contribution >= 4 is 11.8 Å². The summed E-state index contributed by atoms with van der Waals surface area (Å²) in [7, 11) is 0. The molecule has 0 spiro atoms. The van der Waals surface area contributed by atoms with Gasteiger partial charge in [-0.1, -0.05) is 13.8 Å². The molecule has 1 saturated heterocycles. The van der Waals surface area contributed by atoms with E-state index in [9.17, 15) is 9.59 Å². The molecule has 0 radical (unpaired) electrons. The fraction of sp³-hybridized carbons (Fsp3) is 0.864. The van der Waals surface area contributed by atoms with Crippen LogP contribution in [-0.4, -0.2) is 35.8 Å². The third kappa shape index (κ3) is 3.48. The van der Waals surface area contributed by atoms with Gasteiger partial charge in [0, 0.05) is 24.4 Å². The van der Waals surface area contributed by atoms with Gasteiger partial charge in [0.05, 0.1) is 6.07 Å². The molecule has 1 N–H and O–H groups in total. The van der Waals surface area contributed by atoms with Crippen molar-refractivity contribution in [3.8, 4) is 6.07 Å². The summed E-state index contributed by atoms with van der Waals surface area (Å²) >= 11 is 0. The van der Waals surface area contributed by atoms with Crippen LogP contribution in [-0.2, 0) is 9.59 Å². The number of hydrogen-bond donors (Lipinski definition) is 1. The van der Waals surface area contributed by atoms with E-state index in [1.807, 2.05) is 18.7 Å². The highest BCUT2D eigenvalue weighted by Gasteiger charge is 2.55. The Morgan fingerprint density at radius 3 is 2.00 bits per heavy atom. The molecule has 0 aromatic rings. The smallest absolute Gasteiger partial charge is 0.245 e. The normalized spacial score (nSPS) is 36.5. The zero-order valence-corrected chi connectivity index (χ0v) is 16.7. The lowest BCUT2D eigenvalue weighted by Crippen LogP contribution is -2.59. The zero-order valence-electron chi connectivity index (χ0n) is 16.7. The Balaban J connectivity index is 1.43. The van der Waals surface area contributed by atoms with Gasteiger partial charge in [-0.3, -0.25) is 9.59 Å². The summed E-state index contributed by atoms with van der Waals surface area (Å²) in [6.07, 6.45) is 8.50. The molecule has 4 aliphatic carbocycles. The standard InChI is InChI=1S/C22H33N3O2/c1-14(2)19(20(26)25-5-3-15(13-23)4-6-25)24-21(27)22-10-16-7-17(11-22)9-18(8-16)12-22/h14-19H,3-12H2,1-2H3,(H,24,27). The summed E-state index contributed by atoms with van der Waals surface area (Å²) in [5.41, 5.74) is -0.212. The minimum absolute atomic E-state index is 0.0412. The minimum atomic E-state index is -0.441. The Labute approximate surface area is 162 Å². The molecule has 1 aliphatic heterocycles. The van der Waals surface area contributed by atoms with E-state index in [1.165, 1.54) is 19.3 Å². The molecule has 4 bridgehead atoms. The van der Waals surface area contributed by atoms with Gasteiger partial charge in [-0.05, 0) is 75.0 Å². The van der Waals surface area contributed by atoms with Gasteiger partial charge in [-0.2, -0.15) is 5.26 Å². The fourth-order valence-electron chi connectivity index (χ4n) is 6.62. The molecule has 0 aromatic carbocycles. The maximum atomic E-state index is 13.4. The number of rotatable bonds is 4. The van der Waals surface area contributed by atoms with Gasteiger partial charge in [0.25, 0.3) is 0 Å². The van der Waals surface area contributed by atoms with Crippen LogP contribution in [0.15, 0.2) is 0 Å². The Morgan fingerprint density at radius 1 is 1.04 bits per heavy atom. The predicted octanol–water partition coefficient (Wildman–Crippen LogP) is 3.11. The molecule has 1 heterocycles. The number of likely N-dealkylation sites (tertiary alicyclic amines) is 1. The molecule has 5 heteroatoms. The van der Waals surface area contributed by atoms with Crippen molar-refractivity contribution in [1.29, 1.82) is 5.26 Å². The highest BCUT2D eigenvalue weighted by atomic mass is 16.2. The number of nitriles is 1. The van der Waals surface area contributed by atoms with Crippen molar-refractivity contribution in [3.63, 3.8) is 0 Å². The number of amides is 2. The summed E-state index contributed by atoms with van der Waals surface area (Å²) in [5.74, 6) is 2.48. The maximum Gasteiger partial charge on any atom is 0.245 e.